The first kappa shape index (κ1) is 15.6. The summed E-state index contributed by atoms with van der Waals surface area (Å²) in [7, 11) is 0. The standard InChI is InChI=1S/C17H19N5S/c1-13-5-3-4-6-15(13)21-7-9-22(10-8-21)16-14(11-18)12-19-17(20-16)23-2/h3-6,12H,7-10H2,1-2H3. The van der Waals surface area contributed by atoms with Gasteiger partial charge in [0.05, 0.1) is 6.20 Å². The number of nitriles is 1. The highest BCUT2D eigenvalue weighted by atomic mass is 32.2. The number of rotatable bonds is 3. The van der Waals surface area contributed by atoms with Crippen molar-refractivity contribution in [1.29, 1.82) is 5.26 Å². The lowest BCUT2D eigenvalue weighted by atomic mass is 10.1. The van der Waals surface area contributed by atoms with Crippen molar-refractivity contribution >= 4 is 23.3 Å². The van der Waals surface area contributed by atoms with Crippen LogP contribution in [-0.2, 0) is 0 Å². The molecule has 3 rings (SSSR count). The number of hydrogen-bond acceptors (Lipinski definition) is 6. The first-order valence-electron chi connectivity index (χ1n) is 7.59. The van der Waals surface area contributed by atoms with E-state index >= 15 is 0 Å². The zero-order valence-electron chi connectivity index (χ0n) is 13.4. The second-order valence-corrected chi connectivity index (χ2v) is 6.24. The molecular weight excluding hydrogens is 306 g/mol. The molecule has 1 saturated heterocycles. The SMILES string of the molecule is CSc1ncc(C#N)c(N2CCN(c3ccccc3C)CC2)n1. The molecule has 1 aromatic heterocycles. The van der Waals surface area contributed by atoms with E-state index in [9.17, 15) is 5.26 Å². The molecule has 0 bridgehead atoms. The van der Waals surface area contributed by atoms with Crippen molar-refractivity contribution in [3.05, 3.63) is 41.6 Å². The van der Waals surface area contributed by atoms with Crippen LogP contribution in [0.15, 0.2) is 35.6 Å². The fraction of sp³-hybridized carbons (Fsp3) is 0.353. The summed E-state index contributed by atoms with van der Waals surface area (Å²) in [6.45, 7) is 5.70. The van der Waals surface area contributed by atoms with Crippen LogP contribution in [0.2, 0.25) is 0 Å². The topological polar surface area (TPSA) is 56.1 Å². The van der Waals surface area contributed by atoms with Gasteiger partial charge in [-0.15, -0.1) is 0 Å². The number of aryl methyl sites for hydroxylation is 1. The van der Waals surface area contributed by atoms with E-state index in [4.69, 9.17) is 0 Å². The fourth-order valence-corrected chi connectivity index (χ4v) is 3.19. The molecule has 0 aliphatic carbocycles. The summed E-state index contributed by atoms with van der Waals surface area (Å²) in [5.74, 6) is 0.760. The predicted molar refractivity (Wildman–Crippen MR) is 94.1 cm³/mol. The van der Waals surface area contributed by atoms with Crippen LogP contribution in [0.25, 0.3) is 0 Å². The number of aromatic nitrogens is 2. The van der Waals surface area contributed by atoms with Gasteiger partial charge in [0.2, 0.25) is 0 Å². The molecule has 1 aliphatic heterocycles. The molecule has 2 aromatic rings. The van der Waals surface area contributed by atoms with Crippen LogP contribution in [0.5, 0.6) is 0 Å². The van der Waals surface area contributed by atoms with Crippen LogP contribution in [0, 0.1) is 18.3 Å². The summed E-state index contributed by atoms with van der Waals surface area (Å²) in [5, 5.41) is 10.0. The van der Waals surface area contributed by atoms with E-state index in [1.807, 2.05) is 6.26 Å². The van der Waals surface area contributed by atoms with Crippen molar-refractivity contribution in [3.63, 3.8) is 0 Å². The highest BCUT2D eigenvalue weighted by Gasteiger charge is 2.22. The molecular formula is C17H19N5S. The molecule has 0 N–H and O–H groups in total. The smallest absolute Gasteiger partial charge is 0.189 e. The van der Waals surface area contributed by atoms with Gasteiger partial charge in [0, 0.05) is 31.9 Å². The third kappa shape index (κ3) is 3.25. The molecule has 2 heterocycles. The van der Waals surface area contributed by atoms with Crippen molar-refractivity contribution < 1.29 is 0 Å². The molecule has 5 nitrogen and oxygen atoms in total. The van der Waals surface area contributed by atoms with E-state index < -0.39 is 0 Å². The number of para-hydroxylation sites is 1. The zero-order chi connectivity index (χ0) is 16.2. The van der Waals surface area contributed by atoms with E-state index in [1.165, 1.54) is 23.0 Å². The number of nitrogens with zero attached hydrogens (tertiary/aromatic N) is 5. The first-order chi connectivity index (χ1) is 11.2. The Morgan fingerprint density at radius 3 is 2.48 bits per heavy atom. The van der Waals surface area contributed by atoms with Gasteiger partial charge in [-0.1, -0.05) is 30.0 Å². The zero-order valence-corrected chi connectivity index (χ0v) is 14.2. The maximum atomic E-state index is 9.31. The van der Waals surface area contributed by atoms with Gasteiger partial charge in [-0.05, 0) is 24.8 Å². The lowest BCUT2D eigenvalue weighted by Gasteiger charge is -2.37. The Kier molecular flexibility index (Phi) is 4.68. The number of hydrogen-bond donors (Lipinski definition) is 0. The van der Waals surface area contributed by atoms with Crippen molar-refractivity contribution in [2.75, 3.05) is 42.2 Å². The molecule has 118 valence electrons. The lowest BCUT2D eigenvalue weighted by Crippen LogP contribution is -2.47. The minimum Gasteiger partial charge on any atom is -0.368 e. The first-order valence-corrected chi connectivity index (χ1v) is 8.82. The van der Waals surface area contributed by atoms with Gasteiger partial charge < -0.3 is 9.80 Å². The molecule has 0 spiro atoms. The Balaban J connectivity index is 1.77. The van der Waals surface area contributed by atoms with Crippen LogP contribution in [0.4, 0.5) is 11.5 Å². The minimum atomic E-state index is 0.548. The molecule has 1 aliphatic rings. The molecule has 0 amide bonds. The largest absolute Gasteiger partial charge is 0.368 e. The van der Waals surface area contributed by atoms with Crippen molar-refractivity contribution in [3.8, 4) is 6.07 Å². The van der Waals surface area contributed by atoms with Crippen molar-refractivity contribution in [2.45, 2.75) is 12.1 Å². The number of anilines is 2. The summed E-state index contributed by atoms with van der Waals surface area (Å²) in [6.07, 6.45) is 3.57. The fourth-order valence-electron chi connectivity index (χ4n) is 2.85. The van der Waals surface area contributed by atoms with Crippen LogP contribution in [0.3, 0.4) is 0 Å². The molecule has 1 fully saturated rings. The normalized spacial score (nSPS) is 14.7. The molecule has 23 heavy (non-hydrogen) atoms. The second-order valence-electron chi connectivity index (χ2n) is 5.47. The summed E-state index contributed by atoms with van der Waals surface area (Å²) < 4.78 is 0. The van der Waals surface area contributed by atoms with Crippen LogP contribution < -0.4 is 9.80 Å². The summed E-state index contributed by atoms with van der Waals surface area (Å²) in [5.41, 5.74) is 3.14. The van der Waals surface area contributed by atoms with Gasteiger partial charge in [0.1, 0.15) is 11.6 Å². The Morgan fingerprint density at radius 2 is 1.83 bits per heavy atom. The maximum absolute atomic E-state index is 9.31. The van der Waals surface area contributed by atoms with Crippen molar-refractivity contribution in [2.24, 2.45) is 0 Å². The van der Waals surface area contributed by atoms with E-state index in [0.717, 1.165) is 32.0 Å². The van der Waals surface area contributed by atoms with Crippen LogP contribution in [0.1, 0.15) is 11.1 Å². The van der Waals surface area contributed by atoms with Gasteiger partial charge >= 0.3 is 0 Å². The van der Waals surface area contributed by atoms with E-state index in [1.54, 1.807) is 6.20 Å². The predicted octanol–water partition coefficient (Wildman–Crippen LogP) is 2.71. The number of piperazine rings is 1. The van der Waals surface area contributed by atoms with Gasteiger partial charge in [0.25, 0.3) is 0 Å². The molecule has 0 saturated carbocycles. The average Bonchev–Trinajstić information content (AvgIpc) is 2.62. The molecule has 6 heteroatoms. The van der Waals surface area contributed by atoms with Gasteiger partial charge in [-0.3, -0.25) is 0 Å². The van der Waals surface area contributed by atoms with Crippen LogP contribution in [-0.4, -0.2) is 42.4 Å². The Hall–Kier alpha value is -2.26. The Labute approximate surface area is 141 Å². The summed E-state index contributed by atoms with van der Waals surface area (Å²) in [6, 6.07) is 10.7. The van der Waals surface area contributed by atoms with Gasteiger partial charge in [0.15, 0.2) is 11.0 Å². The van der Waals surface area contributed by atoms with Gasteiger partial charge in [-0.25, -0.2) is 9.97 Å². The maximum Gasteiger partial charge on any atom is 0.189 e. The minimum absolute atomic E-state index is 0.548. The second kappa shape index (κ2) is 6.88. The van der Waals surface area contributed by atoms with Gasteiger partial charge in [-0.2, -0.15) is 5.26 Å². The molecule has 0 radical (unpaired) electrons. The monoisotopic (exact) mass is 325 g/mol. The van der Waals surface area contributed by atoms with Crippen molar-refractivity contribution in [1.82, 2.24) is 9.97 Å². The van der Waals surface area contributed by atoms with E-state index in [-0.39, 0.29) is 0 Å². The quantitative estimate of drug-likeness (QED) is 0.639. The highest BCUT2D eigenvalue weighted by Crippen LogP contribution is 2.25. The number of benzene rings is 1. The lowest BCUT2D eigenvalue weighted by molar-refractivity contribution is 0.641. The Morgan fingerprint density at radius 1 is 1.13 bits per heavy atom. The van der Waals surface area contributed by atoms with E-state index in [0.29, 0.717) is 10.7 Å². The van der Waals surface area contributed by atoms with Crippen LogP contribution >= 0.6 is 11.8 Å². The third-order valence-electron chi connectivity index (χ3n) is 4.08. The molecule has 0 unspecified atom stereocenters. The average molecular weight is 325 g/mol. The number of thioether (sulfide) groups is 1. The summed E-state index contributed by atoms with van der Waals surface area (Å²) in [4.78, 5) is 13.3. The highest BCUT2D eigenvalue weighted by molar-refractivity contribution is 7.98. The Bertz CT molecular complexity index is 732. The summed E-state index contributed by atoms with van der Waals surface area (Å²) >= 11 is 1.50. The molecule has 0 atom stereocenters. The van der Waals surface area contributed by atoms with E-state index in [2.05, 4.69) is 57.0 Å². The third-order valence-corrected chi connectivity index (χ3v) is 4.65. The molecule has 1 aromatic carbocycles.